The number of amides is 3. The van der Waals surface area contributed by atoms with Gasteiger partial charge in [0.25, 0.3) is 0 Å². The maximum atomic E-state index is 14.2. The molecule has 10 heteroatoms. The largest absolute Gasteiger partial charge is 0.445 e. The lowest BCUT2D eigenvalue weighted by Crippen LogP contribution is -2.53. The van der Waals surface area contributed by atoms with E-state index in [0.29, 0.717) is 12.2 Å². The fourth-order valence-electron chi connectivity index (χ4n) is 4.78. The summed E-state index contributed by atoms with van der Waals surface area (Å²) in [5, 5.41) is 5.34. The third-order valence-corrected chi connectivity index (χ3v) is 6.89. The van der Waals surface area contributed by atoms with E-state index >= 15 is 0 Å². The van der Waals surface area contributed by atoms with E-state index in [9.17, 15) is 18.8 Å². The lowest BCUT2D eigenvalue weighted by molar-refractivity contribution is -0.138. The van der Waals surface area contributed by atoms with Crippen LogP contribution in [0.4, 0.5) is 9.18 Å². The Hall–Kier alpha value is -3.82. The molecule has 0 aromatic heterocycles. The second-order valence-corrected chi connectivity index (χ2v) is 9.64. The lowest BCUT2D eigenvalue weighted by atomic mass is 9.99. The molecule has 2 N–H and O–H groups in total. The number of halogens is 1. The van der Waals surface area contributed by atoms with E-state index in [4.69, 9.17) is 4.74 Å². The van der Waals surface area contributed by atoms with Gasteiger partial charge in [-0.3, -0.25) is 9.59 Å². The Kier molecular flexibility index (Phi) is 9.04. The molecule has 2 heterocycles. The van der Waals surface area contributed by atoms with Gasteiger partial charge in [0.05, 0.1) is 18.2 Å². The van der Waals surface area contributed by atoms with Crippen molar-refractivity contribution in [3.05, 3.63) is 59.8 Å². The monoisotopic (exact) mass is 523 g/mol. The molecule has 9 nitrogen and oxygen atoms in total. The maximum Gasteiger partial charge on any atom is 0.408 e. The Morgan fingerprint density at radius 2 is 1.95 bits per heavy atom. The van der Waals surface area contributed by atoms with E-state index < -0.39 is 30.3 Å². The van der Waals surface area contributed by atoms with Crippen LogP contribution in [0.1, 0.15) is 51.5 Å². The number of hydrogen-bond acceptors (Lipinski definition) is 6. The van der Waals surface area contributed by atoms with E-state index in [2.05, 4.69) is 20.6 Å². The number of allylic oxidation sites excluding steroid dienone is 4. The van der Waals surface area contributed by atoms with Gasteiger partial charge < -0.3 is 20.3 Å². The summed E-state index contributed by atoms with van der Waals surface area (Å²) >= 11 is 0. The van der Waals surface area contributed by atoms with E-state index in [1.54, 1.807) is 19.1 Å². The van der Waals surface area contributed by atoms with Crippen LogP contribution in [0, 0.1) is 0 Å². The molecule has 3 aliphatic rings. The van der Waals surface area contributed by atoms with E-state index in [-0.39, 0.29) is 36.5 Å². The fourth-order valence-corrected chi connectivity index (χ4v) is 4.78. The number of alkyl halides is 1. The van der Waals surface area contributed by atoms with Crippen LogP contribution in [0.15, 0.2) is 64.2 Å². The zero-order valence-electron chi connectivity index (χ0n) is 21.7. The van der Waals surface area contributed by atoms with Gasteiger partial charge in [-0.2, -0.15) is 0 Å². The van der Waals surface area contributed by atoms with Crippen molar-refractivity contribution in [1.82, 2.24) is 15.5 Å². The van der Waals surface area contributed by atoms with Gasteiger partial charge in [-0.25, -0.2) is 19.2 Å². The Balaban J connectivity index is 1.43. The molecular formula is C28H34FN5O4. The minimum absolute atomic E-state index is 0.0250. The molecule has 4 atom stereocenters. The Bertz CT molecular complexity index is 1160. The highest BCUT2D eigenvalue weighted by atomic mass is 19.1. The van der Waals surface area contributed by atoms with Crippen LogP contribution in [0.5, 0.6) is 0 Å². The van der Waals surface area contributed by atoms with Gasteiger partial charge in [-0.15, -0.1) is 0 Å². The van der Waals surface area contributed by atoms with Crippen molar-refractivity contribution in [3.8, 4) is 0 Å². The fraction of sp³-hybridized carbons (Fsp3) is 0.464. The van der Waals surface area contributed by atoms with Crippen LogP contribution in [0.25, 0.3) is 0 Å². The van der Waals surface area contributed by atoms with Crippen LogP contribution in [0.2, 0.25) is 0 Å². The molecule has 1 fully saturated rings. The summed E-state index contributed by atoms with van der Waals surface area (Å²) in [5.74, 6) is -0.521. The van der Waals surface area contributed by atoms with Crippen LogP contribution >= 0.6 is 0 Å². The number of carbonyl (C=O) groups is 3. The molecule has 1 aromatic rings. The molecular weight excluding hydrogens is 489 g/mol. The highest BCUT2D eigenvalue weighted by Gasteiger charge is 2.33. The van der Waals surface area contributed by atoms with Gasteiger partial charge in [-0.1, -0.05) is 43.3 Å². The smallest absolute Gasteiger partial charge is 0.408 e. The maximum absolute atomic E-state index is 14.2. The van der Waals surface area contributed by atoms with Crippen molar-refractivity contribution in [2.45, 2.75) is 76.9 Å². The third-order valence-electron chi connectivity index (χ3n) is 6.89. The van der Waals surface area contributed by atoms with Crippen molar-refractivity contribution < 1.29 is 23.5 Å². The minimum atomic E-state index is -1.36. The molecule has 1 aliphatic carbocycles. The number of rotatable bonds is 9. The van der Waals surface area contributed by atoms with Gasteiger partial charge in [0.2, 0.25) is 11.8 Å². The third kappa shape index (κ3) is 6.73. The Morgan fingerprint density at radius 3 is 2.68 bits per heavy atom. The normalized spacial score (nSPS) is 21.9. The number of nitrogens with one attached hydrogen (secondary N) is 2. The van der Waals surface area contributed by atoms with Gasteiger partial charge in [0.15, 0.2) is 12.0 Å². The summed E-state index contributed by atoms with van der Waals surface area (Å²) in [7, 11) is 0. The summed E-state index contributed by atoms with van der Waals surface area (Å²) < 4.78 is 19.5. The lowest BCUT2D eigenvalue weighted by Gasteiger charge is -2.36. The highest BCUT2D eigenvalue weighted by Crippen LogP contribution is 2.22. The SMILES string of the molecule is CC[C@H]1CCCCN1C(=O)C[C@H](NC(=O)OCc1ccccc1)C(=O)N[C@@H](C)C1=NC2=CC=CC(F)C2=N1. The number of carbonyl (C=O) groups excluding carboxylic acids is 3. The molecule has 0 radical (unpaired) electrons. The van der Waals surface area contributed by atoms with Gasteiger partial charge >= 0.3 is 6.09 Å². The number of piperidine rings is 1. The van der Waals surface area contributed by atoms with E-state index in [1.807, 2.05) is 42.2 Å². The number of nitrogens with zero attached hydrogens (tertiary/aromatic N) is 3. The predicted octanol–water partition coefficient (Wildman–Crippen LogP) is 3.61. The van der Waals surface area contributed by atoms with Crippen LogP contribution in [-0.2, 0) is 20.9 Å². The van der Waals surface area contributed by atoms with Crippen molar-refractivity contribution in [2.24, 2.45) is 9.98 Å². The second-order valence-electron chi connectivity index (χ2n) is 9.64. The molecule has 3 amide bonds. The average Bonchev–Trinajstić information content (AvgIpc) is 3.38. The van der Waals surface area contributed by atoms with E-state index in [0.717, 1.165) is 31.2 Å². The minimum Gasteiger partial charge on any atom is -0.445 e. The number of alkyl carbamates (subject to hydrolysis) is 1. The summed E-state index contributed by atoms with van der Waals surface area (Å²) in [5.41, 5.74) is 1.41. The zero-order valence-corrected chi connectivity index (χ0v) is 21.7. The molecule has 0 bridgehead atoms. The van der Waals surface area contributed by atoms with Gasteiger partial charge in [-0.05, 0) is 50.3 Å². The Morgan fingerprint density at radius 1 is 1.16 bits per heavy atom. The number of fused-ring (bicyclic) bond motifs is 1. The number of hydrogen-bond donors (Lipinski definition) is 2. The summed E-state index contributed by atoms with van der Waals surface area (Å²) in [6, 6.07) is 7.43. The average molecular weight is 524 g/mol. The van der Waals surface area contributed by atoms with Crippen molar-refractivity contribution in [3.63, 3.8) is 0 Å². The first-order valence-corrected chi connectivity index (χ1v) is 13.1. The number of aliphatic imine (C=N–C) groups is 2. The van der Waals surface area contributed by atoms with Gasteiger partial charge in [0, 0.05) is 12.6 Å². The number of benzene rings is 1. The standard InChI is InChI=1S/C28H34FN5O4/c1-3-20-12-7-8-15-34(20)24(35)16-23(32-28(37)38-17-19-10-5-4-6-11-19)27(36)30-18(2)26-31-22-14-9-13-21(29)25(22)33-26/h4-6,9-11,13-14,18,20-21,23H,3,7-8,12,15-17H2,1-2H3,(H,30,36)(H,32,37)/t18-,20-,21?,23-/m0/s1. The number of likely N-dealkylation sites (tertiary alicyclic amines) is 1. The predicted molar refractivity (Wildman–Crippen MR) is 142 cm³/mol. The first-order valence-electron chi connectivity index (χ1n) is 13.1. The quantitative estimate of drug-likeness (QED) is 0.515. The molecule has 0 saturated carbocycles. The van der Waals surface area contributed by atoms with Crippen LogP contribution in [-0.4, -0.2) is 65.2 Å². The van der Waals surface area contributed by atoms with Crippen molar-refractivity contribution >= 4 is 29.5 Å². The van der Waals surface area contributed by atoms with E-state index in [1.165, 1.54) is 6.08 Å². The number of ether oxygens (including phenoxy) is 1. The molecule has 1 saturated heterocycles. The second kappa shape index (κ2) is 12.6. The number of amidine groups is 1. The van der Waals surface area contributed by atoms with Crippen molar-refractivity contribution in [1.29, 1.82) is 0 Å². The van der Waals surface area contributed by atoms with Crippen LogP contribution < -0.4 is 10.6 Å². The highest BCUT2D eigenvalue weighted by molar-refractivity contribution is 6.17. The zero-order chi connectivity index (χ0) is 27.1. The first-order chi connectivity index (χ1) is 18.4. The first kappa shape index (κ1) is 27.2. The molecule has 0 spiro atoms. The summed E-state index contributed by atoms with van der Waals surface area (Å²) in [6.45, 7) is 4.36. The van der Waals surface area contributed by atoms with Crippen LogP contribution in [0.3, 0.4) is 0 Å². The van der Waals surface area contributed by atoms with Crippen molar-refractivity contribution in [2.75, 3.05) is 6.54 Å². The summed E-state index contributed by atoms with van der Waals surface area (Å²) in [6.07, 6.45) is 5.95. The molecule has 38 heavy (non-hydrogen) atoms. The molecule has 1 unspecified atom stereocenters. The topological polar surface area (TPSA) is 112 Å². The van der Waals surface area contributed by atoms with Gasteiger partial charge in [0.1, 0.15) is 18.4 Å². The Labute approximate surface area is 221 Å². The molecule has 2 aliphatic heterocycles. The molecule has 202 valence electrons. The summed E-state index contributed by atoms with van der Waals surface area (Å²) in [4.78, 5) is 49.6. The molecule has 4 rings (SSSR count). The molecule has 1 aromatic carbocycles.